The second-order valence-corrected chi connectivity index (χ2v) is 5.81. The first-order chi connectivity index (χ1) is 9.08. The number of amides is 1. The molecule has 0 saturated carbocycles. The lowest BCUT2D eigenvalue weighted by Gasteiger charge is -2.36. The van der Waals surface area contributed by atoms with Crippen molar-refractivity contribution in [1.29, 1.82) is 0 Å². The SMILES string of the molecule is CN1CCN(C(=O)[C@@H]2[C@H](C(=O)O)[C@H]3CC[C@H]2O3)CC1. The highest BCUT2D eigenvalue weighted by Crippen LogP contribution is 2.44. The van der Waals surface area contributed by atoms with Crippen molar-refractivity contribution >= 4 is 11.9 Å². The van der Waals surface area contributed by atoms with Crippen LogP contribution in [0.4, 0.5) is 0 Å². The van der Waals surface area contributed by atoms with Gasteiger partial charge in [0.1, 0.15) is 0 Å². The van der Waals surface area contributed by atoms with Crippen LogP contribution in [0.25, 0.3) is 0 Å². The Morgan fingerprint density at radius 3 is 2.21 bits per heavy atom. The molecule has 3 aliphatic rings. The third kappa shape index (κ3) is 2.12. The fraction of sp³-hybridized carbons (Fsp3) is 0.846. The van der Waals surface area contributed by atoms with Crippen LogP contribution in [0.5, 0.6) is 0 Å². The summed E-state index contributed by atoms with van der Waals surface area (Å²) in [4.78, 5) is 27.9. The van der Waals surface area contributed by atoms with Crippen LogP contribution in [0, 0.1) is 11.8 Å². The predicted octanol–water partition coefficient (Wildman–Crippen LogP) is -0.361. The van der Waals surface area contributed by atoms with Crippen LogP contribution in [0.2, 0.25) is 0 Å². The molecular formula is C13H20N2O4. The van der Waals surface area contributed by atoms with Gasteiger partial charge in [0, 0.05) is 26.2 Å². The Balaban J connectivity index is 1.73. The fourth-order valence-electron chi connectivity index (χ4n) is 3.54. The number of rotatable bonds is 2. The number of nitrogens with zero attached hydrogens (tertiary/aromatic N) is 2. The van der Waals surface area contributed by atoms with Gasteiger partial charge in [-0.3, -0.25) is 9.59 Å². The third-order valence-corrected chi connectivity index (χ3v) is 4.66. The van der Waals surface area contributed by atoms with E-state index in [4.69, 9.17) is 4.74 Å². The first-order valence-corrected chi connectivity index (χ1v) is 6.93. The van der Waals surface area contributed by atoms with E-state index in [0.717, 1.165) is 25.9 Å². The number of carbonyl (C=O) groups excluding carboxylic acids is 1. The molecule has 3 aliphatic heterocycles. The Kier molecular flexibility index (Phi) is 3.22. The number of ether oxygens (including phenoxy) is 1. The summed E-state index contributed by atoms with van der Waals surface area (Å²) in [7, 11) is 2.03. The van der Waals surface area contributed by atoms with E-state index in [2.05, 4.69) is 4.90 Å². The third-order valence-electron chi connectivity index (χ3n) is 4.66. The summed E-state index contributed by atoms with van der Waals surface area (Å²) in [6.07, 6.45) is 1.15. The summed E-state index contributed by atoms with van der Waals surface area (Å²) < 4.78 is 5.65. The van der Waals surface area contributed by atoms with Crippen LogP contribution in [0.15, 0.2) is 0 Å². The Morgan fingerprint density at radius 2 is 1.63 bits per heavy atom. The Labute approximate surface area is 112 Å². The molecule has 3 rings (SSSR count). The standard InChI is InChI=1S/C13H20N2O4/c1-14-4-6-15(7-5-14)12(16)10-8-2-3-9(19-8)11(10)13(17)18/h8-11H,2-7H2,1H3,(H,17,18)/t8-,9-,10+,11-/m1/s1. The van der Waals surface area contributed by atoms with Crippen molar-refractivity contribution in [2.45, 2.75) is 25.0 Å². The molecular weight excluding hydrogens is 248 g/mol. The van der Waals surface area contributed by atoms with E-state index in [0.29, 0.717) is 13.1 Å². The molecule has 0 aromatic heterocycles. The second-order valence-electron chi connectivity index (χ2n) is 5.81. The zero-order chi connectivity index (χ0) is 13.6. The molecule has 106 valence electrons. The minimum Gasteiger partial charge on any atom is -0.481 e. The van der Waals surface area contributed by atoms with E-state index in [-0.39, 0.29) is 18.1 Å². The van der Waals surface area contributed by atoms with Gasteiger partial charge in [-0.2, -0.15) is 0 Å². The van der Waals surface area contributed by atoms with Gasteiger partial charge in [0.2, 0.25) is 5.91 Å². The molecule has 0 spiro atoms. The summed E-state index contributed by atoms with van der Waals surface area (Å²) in [5.41, 5.74) is 0. The summed E-state index contributed by atoms with van der Waals surface area (Å²) >= 11 is 0. The number of aliphatic carboxylic acids is 1. The maximum Gasteiger partial charge on any atom is 0.310 e. The van der Waals surface area contributed by atoms with Crippen LogP contribution in [0.3, 0.4) is 0 Å². The van der Waals surface area contributed by atoms with Gasteiger partial charge in [-0.15, -0.1) is 0 Å². The molecule has 0 unspecified atom stereocenters. The molecule has 1 N–H and O–H groups in total. The quantitative estimate of drug-likeness (QED) is 0.740. The molecule has 0 aliphatic carbocycles. The van der Waals surface area contributed by atoms with Gasteiger partial charge >= 0.3 is 5.97 Å². The maximum absolute atomic E-state index is 12.6. The van der Waals surface area contributed by atoms with Crippen molar-refractivity contribution < 1.29 is 19.4 Å². The van der Waals surface area contributed by atoms with E-state index in [1.807, 2.05) is 11.9 Å². The lowest BCUT2D eigenvalue weighted by Crippen LogP contribution is -2.52. The van der Waals surface area contributed by atoms with E-state index < -0.39 is 17.8 Å². The fourth-order valence-corrected chi connectivity index (χ4v) is 3.54. The molecule has 3 saturated heterocycles. The maximum atomic E-state index is 12.6. The van der Waals surface area contributed by atoms with Gasteiger partial charge in [0.25, 0.3) is 0 Å². The van der Waals surface area contributed by atoms with Gasteiger partial charge in [0.15, 0.2) is 0 Å². The Bertz CT molecular complexity index is 392. The first-order valence-electron chi connectivity index (χ1n) is 6.93. The molecule has 0 aromatic carbocycles. The number of carboxylic acids is 1. The molecule has 3 fully saturated rings. The minimum atomic E-state index is -0.889. The van der Waals surface area contributed by atoms with E-state index in [1.165, 1.54) is 0 Å². The highest BCUT2D eigenvalue weighted by Gasteiger charge is 2.56. The molecule has 1 amide bonds. The summed E-state index contributed by atoms with van der Waals surface area (Å²) in [5, 5.41) is 9.34. The predicted molar refractivity (Wildman–Crippen MR) is 66.6 cm³/mol. The zero-order valence-corrected chi connectivity index (χ0v) is 11.1. The van der Waals surface area contributed by atoms with Gasteiger partial charge in [-0.05, 0) is 19.9 Å². The Hall–Kier alpha value is -1.14. The van der Waals surface area contributed by atoms with Gasteiger partial charge in [-0.25, -0.2) is 0 Å². The largest absolute Gasteiger partial charge is 0.481 e. The highest BCUT2D eigenvalue weighted by atomic mass is 16.5. The number of likely N-dealkylation sites (N-methyl/N-ethyl adjacent to an activating group) is 1. The average molecular weight is 268 g/mol. The molecule has 0 radical (unpaired) electrons. The second kappa shape index (κ2) is 4.76. The van der Waals surface area contributed by atoms with Crippen LogP contribution in [0.1, 0.15) is 12.8 Å². The molecule has 3 heterocycles. The lowest BCUT2D eigenvalue weighted by molar-refractivity contribution is -0.151. The van der Waals surface area contributed by atoms with Crippen molar-refractivity contribution in [3.8, 4) is 0 Å². The van der Waals surface area contributed by atoms with E-state index in [1.54, 1.807) is 0 Å². The monoisotopic (exact) mass is 268 g/mol. The van der Waals surface area contributed by atoms with Crippen molar-refractivity contribution in [1.82, 2.24) is 9.80 Å². The zero-order valence-electron chi connectivity index (χ0n) is 11.1. The molecule has 6 nitrogen and oxygen atoms in total. The number of hydrogen-bond donors (Lipinski definition) is 1. The molecule has 6 heteroatoms. The van der Waals surface area contributed by atoms with Crippen molar-refractivity contribution in [3.63, 3.8) is 0 Å². The van der Waals surface area contributed by atoms with Crippen molar-refractivity contribution in [2.24, 2.45) is 11.8 Å². The van der Waals surface area contributed by atoms with Crippen LogP contribution < -0.4 is 0 Å². The van der Waals surface area contributed by atoms with Gasteiger partial charge in [-0.1, -0.05) is 0 Å². The van der Waals surface area contributed by atoms with Crippen molar-refractivity contribution in [2.75, 3.05) is 33.2 Å². The van der Waals surface area contributed by atoms with Gasteiger partial charge < -0.3 is 19.6 Å². The summed E-state index contributed by atoms with van der Waals surface area (Å²) in [6.45, 7) is 3.08. The number of carboxylic acid groups (broad SMARTS) is 1. The van der Waals surface area contributed by atoms with Gasteiger partial charge in [0.05, 0.1) is 24.0 Å². The molecule has 0 aromatic rings. The number of carbonyl (C=O) groups is 2. The number of fused-ring (bicyclic) bond motifs is 2. The number of hydrogen-bond acceptors (Lipinski definition) is 4. The highest BCUT2D eigenvalue weighted by molar-refractivity contribution is 5.86. The number of piperazine rings is 1. The summed E-state index contributed by atoms with van der Waals surface area (Å²) in [6, 6.07) is 0. The van der Waals surface area contributed by atoms with Crippen LogP contribution >= 0.6 is 0 Å². The topological polar surface area (TPSA) is 70.1 Å². The molecule has 19 heavy (non-hydrogen) atoms. The van der Waals surface area contributed by atoms with Crippen LogP contribution in [-0.4, -0.2) is 72.2 Å². The van der Waals surface area contributed by atoms with Crippen LogP contribution in [-0.2, 0) is 14.3 Å². The summed E-state index contributed by atoms with van der Waals surface area (Å²) in [5.74, 6) is -2.03. The van der Waals surface area contributed by atoms with Crippen molar-refractivity contribution in [3.05, 3.63) is 0 Å². The first kappa shape index (κ1) is 12.9. The molecule has 4 atom stereocenters. The minimum absolute atomic E-state index is 0.0206. The van der Waals surface area contributed by atoms with E-state index >= 15 is 0 Å². The van der Waals surface area contributed by atoms with E-state index in [9.17, 15) is 14.7 Å². The molecule has 2 bridgehead atoms. The smallest absolute Gasteiger partial charge is 0.310 e. The average Bonchev–Trinajstić information content (AvgIpc) is 2.98. The normalized spacial score (nSPS) is 38.7. The Morgan fingerprint density at radius 1 is 1.05 bits per heavy atom. The lowest BCUT2D eigenvalue weighted by atomic mass is 9.78.